The SMILES string of the molecule is Cc1ccc(NCc2ccc(C(=O)O)cn2)c(C)c1. The number of carboxylic acid groups (broad SMARTS) is 1. The van der Waals surface area contributed by atoms with Crippen molar-refractivity contribution in [2.24, 2.45) is 0 Å². The van der Waals surface area contributed by atoms with Crippen LogP contribution in [0.5, 0.6) is 0 Å². The van der Waals surface area contributed by atoms with Gasteiger partial charge in [-0.3, -0.25) is 4.98 Å². The molecule has 2 rings (SSSR count). The van der Waals surface area contributed by atoms with E-state index in [2.05, 4.69) is 36.3 Å². The fraction of sp³-hybridized carbons (Fsp3) is 0.200. The minimum Gasteiger partial charge on any atom is -0.478 e. The van der Waals surface area contributed by atoms with Crippen LogP contribution in [0.4, 0.5) is 5.69 Å². The fourth-order valence-corrected chi connectivity index (χ4v) is 1.85. The molecule has 0 aliphatic heterocycles. The molecule has 1 heterocycles. The van der Waals surface area contributed by atoms with Gasteiger partial charge in [0.15, 0.2) is 0 Å². The van der Waals surface area contributed by atoms with Gasteiger partial charge in [-0.25, -0.2) is 4.79 Å². The summed E-state index contributed by atoms with van der Waals surface area (Å²) in [5, 5.41) is 12.1. The van der Waals surface area contributed by atoms with Crippen LogP contribution in [0.3, 0.4) is 0 Å². The molecule has 0 atom stereocenters. The van der Waals surface area contributed by atoms with Gasteiger partial charge in [-0.1, -0.05) is 17.7 Å². The van der Waals surface area contributed by atoms with E-state index in [1.807, 2.05) is 6.07 Å². The summed E-state index contributed by atoms with van der Waals surface area (Å²) in [6.07, 6.45) is 1.38. The standard InChI is InChI=1S/C15H16N2O2/c1-10-3-6-14(11(2)7-10)17-9-13-5-4-12(8-16-13)15(18)19/h3-8,17H,9H2,1-2H3,(H,18,19). The number of aryl methyl sites for hydroxylation is 2. The number of pyridine rings is 1. The molecule has 1 aromatic heterocycles. The van der Waals surface area contributed by atoms with Gasteiger partial charge in [-0.05, 0) is 37.6 Å². The lowest BCUT2D eigenvalue weighted by atomic mass is 10.1. The molecule has 0 bridgehead atoms. The third kappa shape index (κ3) is 3.31. The van der Waals surface area contributed by atoms with Gasteiger partial charge < -0.3 is 10.4 Å². The summed E-state index contributed by atoms with van der Waals surface area (Å²) in [6, 6.07) is 9.49. The molecule has 0 unspecified atom stereocenters. The molecule has 0 fully saturated rings. The van der Waals surface area contributed by atoms with Crippen LogP contribution in [0.1, 0.15) is 27.2 Å². The Hall–Kier alpha value is -2.36. The Kier molecular flexibility index (Phi) is 3.80. The van der Waals surface area contributed by atoms with Gasteiger partial charge in [0, 0.05) is 11.9 Å². The van der Waals surface area contributed by atoms with Gasteiger partial charge in [0.2, 0.25) is 0 Å². The van der Waals surface area contributed by atoms with Crippen molar-refractivity contribution < 1.29 is 9.90 Å². The zero-order chi connectivity index (χ0) is 13.8. The molecule has 0 radical (unpaired) electrons. The van der Waals surface area contributed by atoms with Crippen molar-refractivity contribution in [2.75, 3.05) is 5.32 Å². The molecular weight excluding hydrogens is 240 g/mol. The number of benzene rings is 1. The Morgan fingerprint density at radius 3 is 2.63 bits per heavy atom. The summed E-state index contributed by atoms with van der Waals surface area (Å²) in [5.74, 6) is -0.957. The summed E-state index contributed by atoms with van der Waals surface area (Å²) in [6.45, 7) is 4.68. The van der Waals surface area contributed by atoms with Crippen LogP contribution in [-0.2, 0) is 6.54 Å². The van der Waals surface area contributed by atoms with Crippen LogP contribution in [0.2, 0.25) is 0 Å². The minimum absolute atomic E-state index is 0.204. The molecule has 0 aliphatic carbocycles. The first-order valence-electron chi connectivity index (χ1n) is 6.05. The highest BCUT2D eigenvalue weighted by molar-refractivity contribution is 5.87. The number of carbonyl (C=O) groups is 1. The minimum atomic E-state index is -0.957. The summed E-state index contributed by atoms with van der Waals surface area (Å²) >= 11 is 0. The maximum atomic E-state index is 10.7. The van der Waals surface area contributed by atoms with E-state index in [1.165, 1.54) is 17.3 Å². The first-order chi connectivity index (χ1) is 9.06. The van der Waals surface area contributed by atoms with Crippen LogP contribution < -0.4 is 5.32 Å². The second-order valence-corrected chi connectivity index (χ2v) is 4.52. The first-order valence-corrected chi connectivity index (χ1v) is 6.05. The molecule has 0 spiro atoms. The van der Waals surface area contributed by atoms with Gasteiger partial charge in [0.1, 0.15) is 0 Å². The molecule has 19 heavy (non-hydrogen) atoms. The lowest BCUT2D eigenvalue weighted by molar-refractivity contribution is 0.0696. The van der Waals surface area contributed by atoms with E-state index in [1.54, 1.807) is 12.1 Å². The van der Waals surface area contributed by atoms with Gasteiger partial charge in [0.05, 0.1) is 17.8 Å². The molecule has 98 valence electrons. The van der Waals surface area contributed by atoms with Crippen molar-refractivity contribution in [3.8, 4) is 0 Å². The van der Waals surface area contributed by atoms with Gasteiger partial charge >= 0.3 is 5.97 Å². The van der Waals surface area contributed by atoms with Crippen molar-refractivity contribution in [2.45, 2.75) is 20.4 Å². The largest absolute Gasteiger partial charge is 0.478 e. The van der Waals surface area contributed by atoms with Crippen LogP contribution in [0.15, 0.2) is 36.5 Å². The fourth-order valence-electron chi connectivity index (χ4n) is 1.85. The number of rotatable bonds is 4. The molecule has 0 amide bonds. The van der Waals surface area contributed by atoms with Crippen molar-refractivity contribution in [1.29, 1.82) is 0 Å². The summed E-state index contributed by atoms with van der Waals surface area (Å²) in [7, 11) is 0. The zero-order valence-electron chi connectivity index (χ0n) is 11.0. The molecule has 0 saturated heterocycles. The van der Waals surface area contributed by atoms with E-state index in [0.717, 1.165) is 11.4 Å². The van der Waals surface area contributed by atoms with E-state index >= 15 is 0 Å². The number of hydrogen-bond acceptors (Lipinski definition) is 3. The second-order valence-electron chi connectivity index (χ2n) is 4.52. The third-order valence-electron chi connectivity index (χ3n) is 2.91. The summed E-state index contributed by atoms with van der Waals surface area (Å²) in [5.41, 5.74) is 4.49. The van der Waals surface area contributed by atoms with Gasteiger partial charge in [-0.2, -0.15) is 0 Å². The molecule has 2 aromatic rings. The topological polar surface area (TPSA) is 62.2 Å². The van der Waals surface area contributed by atoms with Crippen LogP contribution in [0, 0.1) is 13.8 Å². The average molecular weight is 256 g/mol. The Labute approximate surface area is 112 Å². The average Bonchev–Trinajstić information content (AvgIpc) is 2.38. The van der Waals surface area contributed by atoms with Crippen LogP contribution in [0.25, 0.3) is 0 Å². The number of anilines is 1. The zero-order valence-corrected chi connectivity index (χ0v) is 11.0. The van der Waals surface area contributed by atoms with E-state index in [4.69, 9.17) is 5.11 Å². The van der Waals surface area contributed by atoms with E-state index in [9.17, 15) is 4.79 Å². The molecule has 4 nitrogen and oxygen atoms in total. The number of nitrogens with one attached hydrogen (secondary N) is 1. The van der Waals surface area contributed by atoms with Crippen LogP contribution in [-0.4, -0.2) is 16.1 Å². The predicted octanol–water partition coefficient (Wildman–Crippen LogP) is 3.01. The van der Waals surface area contributed by atoms with E-state index < -0.39 is 5.97 Å². The summed E-state index contributed by atoms with van der Waals surface area (Å²) in [4.78, 5) is 14.8. The quantitative estimate of drug-likeness (QED) is 0.882. The van der Waals surface area contributed by atoms with Crippen molar-refractivity contribution in [3.63, 3.8) is 0 Å². The molecule has 0 aliphatic rings. The number of aromatic nitrogens is 1. The number of carboxylic acids is 1. The highest BCUT2D eigenvalue weighted by Crippen LogP contribution is 2.16. The molecule has 1 aromatic carbocycles. The third-order valence-corrected chi connectivity index (χ3v) is 2.91. The van der Waals surface area contributed by atoms with E-state index in [-0.39, 0.29) is 5.56 Å². The monoisotopic (exact) mass is 256 g/mol. The van der Waals surface area contributed by atoms with Gasteiger partial charge in [0.25, 0.3) is 0 Å². The molecular formula is C15H16N2O2. The van der Waals surface area contributed by atoms with Crippen molar-refractivity contribution in [1.82, 2.24) is 4.98 Å². The molecule has 0 saturated carbocycles. The Morgan fingerprint density at radius 1 is 1.26 bits per heavy atom. The Bertz CT molecular complexity index is 592. The smallest absolute Gasteiger partial charge is 0.337 e. The number of aromatic carboxylic acids is 1. The highest BCUT2D eigenvalue weighted by Gasteiger charge is 2.03. The van der Waals surface area contributed by atoms with Gasteiger partial charge in [-0.15, -0.1) is 0 Å². The Balaban J connectivity index is 2.04. The lowest BCUT2D eigenvalue weighted by Gasteiger charge is -2.10. The van der Waals surface area contributed by atoms with Crippen molar-refractivity contribution >= 4 is 11.7 Å². The lowest BCUT2D eigenvalue weighted by Crippen LogP contribution is -2.04. The normalized spacial score (nSPS) is 10.2. The van der Waals surface area contributed by atoms with E-state index in [0.29, 0.717) is 6.54 Å². The number of hydrogen-bond donors (Lipinski definition) is 2. The maximum Gasteiger partial charge on any atom is 0.337 e. The van der Waals surface area contributed by atoms with Crippen LogP contribution >= 0.6 is 0 Å². The highest BCUT2D eigenvalue weighted by atomic mass is 16.4. The second kappa shape index (κ2) is 5.52. The Morgan fingerprint density at radius 2 is 2.05 bits per heavy atom. The number of nitrogens with zero attached hydrogens (tertiary/aromatic N) is 1. The molecule has 4 heteroatoms. The maximum absolute atomic E-state index is 10.7. The predicted molar refractivity (Wildman–Crippen MR) is 74.4 cm³/mol. The molecule has 2 N–H and O–H groups in total. The van der Waals surface area contributed by atoms with Crippen molar-refractivity contribution in [3.05, 3.63) is 58.9 Å². The first kappa shape index (κ1) is 13.1. The summed E-state index contributed by atoms with van der Waals surface area (Å²) < 4.78 is 0.